The molecule has 1 fully saturated rings. The summed E-state index contributed by atoms with van der Waals surface area (Å²) < 4.78 is 39.8. The first-order chi connectivity index (χ1) is 14.1. The molecule has 4 N–H and O–H groups in total. The van der Waals surface area contributed by atoms with Gasteiger partial charge in [0.15, 0.2) is 0 Å². The number of aliphatic hydroxyl groups is 1. The summed E-state index contributed by atoms with van der Waals surface area (Å²) in [7, 11) is 2.45. The molecule has 0 heterocycles. The van der Waals surface area contributed by atoms with Gasteiger partial charge in [-0.2, -0.15) is 0 Å². The Bertz CT molecular complexity index is 785. The van der Waals surface area contributed by atoms with Gasteiger partial charge in [0, 0.05) is 24.0 Å². The molecule has 4 unspecified atom stereocenters. The van der Waals surface area contributed by atoms with E-state index in [-0.39, 0.29) is 17.9 Å². The van der Waals surface area contributed by atoms with Crippen molar-refractivity contribution in [1.82, 2.24) is 5.32 Å². The minimum absolute atomic E-state index is 0.253. The Labute approximate surface area is 179 Å². The third kappa shape index (κ3) is 6.52. The SMILES string of the molecule is C=C/C(=C\C(=C/C)C1(NCC(O)C(N)Cc2cc(F)cc(P)c2)CC1)C(C)C(F)F. The summed E-state index contributed by atoms with van der Waals surface area (Å²) in [6, 6.07) is 4.08. The quantitative estimate of drug-likeness (QED) is 0.364. The molecule has 0 bridgehead atoms. The molecule has 0 spiro atoms. The fourth-order valence-corrected chi connectivity index (χ4v) is 3.92. The highest BCUT2D eigenvalue weighted by atomic mass is 31.0. The lowest BCUT2D eigenvalue weighted by Gasteiger charge is -2.25. The zero-order valence-corrected chi connectivity index (χ0v) is 18.7. The second-order valence-electron chi connectivity index (χ2n) is 8.01. The fourth-order valence-electron chi connectivity index (χ4n) is 3.54. The van der Waals surface area contributed by atoms with Crippen LogP contribution in [0.2, 0.25) is 0 Å². The molecule has 3 nitrogen and oxygen atoms in total. The maximum absolute atomic E-state index is 13.6. The van der Waals surface area contributed by atoms with E-state index >= 15 is 0 Å². The number of benzene rings is 1. The number of hydrogen-bond acceptors (Lipinski definition) is 3. The molecule has 1 aromatic rings. The highest BCUT2D eigenvalue weighted by molar-refractivity contribution is 7.27. The lowest BCUT2D eigenvalue weighted by molar-refractivity contribution is 0.105. The van der Waals surface area contributed by atoms with E-state index in [1.165, 1.54) is 25.1 Å². The molecule has 1 aliphatic carbocycles. The molecule has 4 atom stereocenters. The van der Waals surface area contributed by atoms with Gasteiger partial charge >= 0.3 is 0 Å². The van der Waals surface area contributed by atoms with Crippen molar-refractivity contribution < 1.29 is 18.3 Å². The summed E-state index contributed by atoms with van der Waals surface area (Å²) in [6.07, 6.45) is 3.89. The van der Waals surface area contributed by atoms with Crippen LogP contribution in [-0.2, 0) is 6.42 Å². The van der Waals surface area contributed by atoms with Crippen molar-refractivity contribution in [1.29, 1.82) is 0 Å². The molecule has 166 valence electrons. The summed E-state index contributed by atoms with van der Waals surface area (Å²) in [5.41, 5.74) is 7.91. The minimum Gasteiger partial charge on any atom is -0.390 e. The van der Waals surface area contributed by atoms with Crippen molar-refractivity contribution in [2.75, 3.05) is 6.54 Å². The molecule has 0 radical (unpaired) electrons. The normalized spacial score (nSPS) is 19.5. The summed E-state index contributed by atoms with van der Waals surface area (Å²) >= 11 is 0. The van der Waals surface area contributed by atoms with Gasteiger partial charge in [0.1, 0.15) is 5.82 Å². The zero-order chi connectivity index (χ0) is 22.5. The fraction of sp³-hybridized carbons (Fsp3) is 0.478. The van der Waals surface area contributed by atoms with Crippen molar-refractivity contribution in [2.45, 2.75) is 57.2 Å². The number of hydrogen-bond donors (Lipinski definition) is 3. The molecule has 1 saturated carbocycles. The molecule has 30 heavy (non-hydrogen) atoms. The summed E-state index contributed by atoms with van der Waals surface area (Å²) in [5.74, 6) is -1.24. The van der Waals surface area contributed by atoms with Gasteiger partial charge in [-0.3, -0.25) is 0 Å². The van der Waals surface area contributed by atoms with E-state index in [1.807, 2.05) is 19.1 Å². The first kappa shape index (κ1) is 24.8. The minimum atomic E-state index is -2.46. The van der Waals surface area contributed by atoms with Crippen LogP contribution in [0.4, 0.5) is 13.2 Å². The molecule has 0 aliphatic heterocycles. The number of rotatable bonds is 11. The van der Waals surface area contributed by atoms with E-state index in [0.29, 0.717) is 12.0 Å². The summed E-state index contributed by atoms with van der Waals surface area (Å²) in [5, 5.41) is 14.6. The number of β-amino-alcohol motifs (C(OH)–C–C–N with tert-alkyl or cyclic N) is 1. The Balaban J connectivity index is 2.01. The molecule has 0 aromatic heterocycles. The maximum atomic E-state index is 13.6. The lowest BCUT2D eigenvalue weighted by atomic mass is 9.94. The largest absolute Gasteiger partial charge is 0.390 e. The van der Waals surface area contributed by atoms with Gasteiger partial charge < -0.3 is 16.2 Å². The van der Waals surface area contributed by atoms with E-state index in [0.717, 1.165) is 29.3 Å². The smallest absolute Gasteiger partial charge is 0.245 e. The molecule has 7 heteroatoms. The van der Waals surface area contributed by atoms with Crippen LogP contribution in [0.25, 0.3) is 0 Å². The van der Waals surface area contributed by atoms with Crippen LogP contribution in [0.3, 0.4) is 0 Å². The topological polar surface area (TPSA) is 58.3 Å². The van der Waals surface area contributed by atoms with E-state index in [2.05, 4.69) is 21.1 Å². The van der Waals surface area contributed by atoms with Gasteiger partial charge in [0.25, 0.3) is 0 Å². The number of allylic oxidation sites excluding steroid dienone is 3. The number of nitrogens with one attached hydrogen (secondary N) is 1. The highest BCUT2D eigenvalue weighted by Gasteiger charge is 2.45. The molecule has 2 rings (SSSR count). The Morgan fingerprint density at radius 2 is 2.03 bits per heavy atom. The monoisotopic (exact) mass is 440 g/mol. The Morgan fingerprint density at radius 1 is 1.37 bits per heavy atom. The van der Waals surface area contributed by atoms with E-state index in [9.17, 15) is 18.3 Å². The summed E-state index contributed by atoms with van der Waals surface area (Å²) in [4.78, 5) is 0. The van der Waals surface area contributed by atoms with Crippen LogP contribution in [0.5, 0.6) is 0 Å². The van der Waals surface area contributed by atoms with E-state index in [4.69, 9.17) is 5.73 Å². The zero-order valence-electron chi connectivity index (χ0n) is 17.5. The third-order valence-electron chi connectivity index (χ3n) is 5.67. The van der Waals surface area contributed by atoms with Crippen molar-refractivity contribution in [3.05, 3.63) is 65.5 Å². The molecular weight excluding hydrogens is 408 g/mol. The van der Waals surface area contributed by atoms with Gasteiger partial charge in [-0.15, -0.1) is 9.24 Å². The number of aliphatic hydroxyl groups excluding tert-OH is 1. The second-order valence-corrected chi connectivity index (χ2v) is 8.67. The molecular formula is C23H32F3N2OP. The number of alkyl halides is 2. The van der Waals surface area contributed by atoms with Crippen molar-refractivity contribution >= 4 is 14.5 Å². The highest BCUT2D eigenvalue weighted by Crippen LogP contribution is 2.43. The Morgan fingerprint density at radius 3 is 2.53 bits per heavy atom. The average molecular weight is 440 g/mol. The van der Waals surface area contributed by atoms with Crippen molar-refractivity contribution in [3.63, 3.8) is 0 Å². The van der Waals surface area contributed by atoms with Crippen LogP contribution in [0, 0.1) is 11.7 Å². The van der Waals surface area contributed by atoms with Crippen LogP contribution in [-0.4, -0.2) is 35.8 Å². The molecule has 1 aromatic carbocycles. The molecule has 1 aliphatic rings. The first-order valence-electron chi connectivity index (χ1n) is 10.1. The Kier molecular flexibility index (Phi) is 8.86. The third-order valence-corrected chi connectivity index (χ3v) is 6.00. The van der Waals surface area contributed by atoms with E-state index < -0.39 is 24.5 Å². The van der Waals surface area contributed by atoms with E-state index in [1.54, 1.807) is 6.08 Å². The van der Waals surface area contributed by atoms with Gasteiger partial charge in [0.2, 0.25) is 6.43 Å². The standard InChI is InChI=1S/C23H32F3N2OP/c1-4-16(14(3)22(25)26)11-17(5-2)23(6-7-23)28-13-21(29)20(27)10-15-8-18(24)12-19(30)9-15/h4-5,8-9,11-12,14,20-22,28-29H,1,6-7,10,13,27,30H2,2-3H3/b16-11+,17-5+. The van der Waals surface area contributed by atoms with Crippen LogP contribution in [0.1, 0.15) is 32.3 Å². The predicted octanol–water partition coefficient (Wildman–Crippen LogP) is 3.64. The van der Waals surface area contributed by atoms with Crippen LogP contribution >= 0.6 is 9.24 Å². The van der Waals surface area contributed by atoms with Gasteiger partial charge in [-0.1, -0.05) is 37.8 Å². The predicted molar refractivity (Wildman–Crippen MR) is 121 cm³/mol. The van der Waals surface area contributed by atoms with Gasteiger partial charge in [0.05, 0.1) is 6.10 Å². The summed E-state index contributed by atoms with van der Waals surface area (Å²) in [6.45, 7) is 7.27. The van der Waals surface area contributed by atoms with Gasteiger partial charge in [-0.05, 0) is 60.3 Å². The second kappa shape index (κ2) is 10.7. The van der Waals surface area contributed by atoms with Crippen molar-refractivity contribution in [3.8, 4) is 0 Å². The van der Waals surface area contributed by atoms with Crippen LogP contribution in [0.15, 0.2) is 54.2 Å². The van der Waals surface area contributed by atoms with Crippen LogP contribution < -0.4 is 16.4 Å². The molecule has 0 amide bonds. The number of halogens is 3. The first-order valence-corrected chi connectivity index (χ1v) is 10.7. The van der Waals surface area contributed by atoms with Crippen molar-refractivity contribution in [2.24, 2.45) is 11.7 Å². The lowest BCUT2D eigenvalue weighted by Crippen LogP contribution is -2.47. The molecule has 0 saturated heterocycles. The Hall–Kier alpha value is -1.46. The van der Waals surface area contributed by atoms with Gasteiger partial charge in [-0.25, -0.2) is 13.2 Å². The average Bonchev–Trinajstić information content (AvgIpc) is 3.46. The maximum Gasteiger partial charge on any atom is 0.245 e. The number of nitrogens with two attached hydrogens (primary N) is 1.